The van der Waals surface area contributed by atoms with Gasteiger partial charge in [-0.05, 0) is 39.0 Å². The zero-order valence-corrected chi connectivity index (χ0v) is 12.1. The molecule has 6 nitrogen and oxygen atoms in total. The van der Waals surface area contributed by atoms with Crippen LogP contribution in [-0.2, 0) is 9.53 Å². The van der Waals surface area contributed by atoms with Gasteiger partial charge in [0.25, 0.3) is 0 Å². The molecule has 1 aromatic carbocycles. The first-order chi connectivity index (χ1) is 9.36. The van der Waals surface area contributed by atoms with Crippen LogP contribution in [0.5, 0.6) is 0 Å². The molecule has 0 fully saturated rings. The summed E-state index contributed by atoms with van der Waals surface area (Å²) >= 11 is 0. The van der Waals surface area contributed by atoms with Crippen LogP contribution < -0.4 is 16.4 Å². The van der Waals surface area contributed by atoms with Gasteiger partial charge in [0.15, 0.2) is 0 Å². The number of carbonyl (C=O) groups is 2. The van der Waals surface area contributed by atoms with Crippen molar-refractivity contribution in [2.24, 2.45) is 5.73 Å². The molecular formula is C14H21N3O3. The van der Waals surface area contributed by atoms with Gasteiger partial charge < -0.3 is 21.1 Å². The summed E-state index contributed by atoms with van der Waals surface area (Å²) in [5.74, 6) is -0.914. The summed E-state index contributed by atoms with van der Waals surface area (Å²) in [6.45, 7) is 5.94. The SMILES string of the molecule is CCOC(=O)c1cc(N(CC(N)=O)C(C)C)ccc1N. The largest absolute Gasteiger partial charge is 0.462 e. The highest BCUT2D eigenvalue weighted by Crippen LogP contribution is 2.23. The number of nitrogens with zero attached hydrogens (tertiary/aromatic N) is 1. The third-order valence-electron chi connectivity index (χ3n) is 2.81. The molecule has 0 aliphatic carbocycles. The van der Waals surface area contributed by atoms with Crippen molar-refractivity contribution in [3.05, 3.63) is 23.8 Å². The molecule has 20 heavy (non-hydrogen) atoms. The Bertz CT molecular complexity index is 500. The Labute approximate surface area is 118 Å². The summed E-state index contributed by atoms with van der Waals surface area (Å²) in [4.78, 5) is 24.8. The van der Waals surface area contributed by atoms with E-state index >= 15 is 0 Å². The standard InChI is InChI=1S/C14H21N3O3/c1-4-20-14(19)11-7-10(5-6-12(11)15)17(9(2)3)8-13(16)18/h5-7,9H,4,8,15H2,1-3H3,(H2,16,18). The monoisotopic (exact) mass is 279 g/mol. The van der Waals surface area contributed by atoms with E-state index in [1.807, 2.05) is 13.8 Å². The molecular weight excluding hydrogens is 258 g/mol. The van der Waals surface area contributed by atoms with Crippen molar-refractivity contribution in [1.82, 2.24) is 0 Å². The van der Waals surface area contributed by atoms with E-state index in [4.69, 9.17) is 16.2 Å². The summed E-state index contributed by atoms with van der Waals surface area (Å²) < 4.78 is 4.96. The number of nitrogen functional groups attached to an aromatic ring is 1. The zero-order valence-electron chi connectivity index (χ0n) is 12.1. The Morgan fingerprint density at radius 2 is 2.00 bits per heavy atom. The quantitative estimate of drug-likeness (QED) is 0.601. The second-order valence-corrected chi connectivity index (χ2v) is 4.68. The van der Waals surface area contributed by atoms with Crippen LogP contribution in [0.3, 0.4) is 0 Å². The Balaban J connectivity index is 3.14. The number of amides is 1. The molecule has 0 radical (unpaired) electrons. The van der Waals surface area contributed by atoms with Gasteiger partial charge >= 0.3 is 5.97 Å². The molecule has 0 heterocycles. The molecule has 0 bridgehead atoms. The lowest BCUT2D eigenvalue weighted by atomic mass is 10.1. The number of benzene rings is 1. The second-order valence-electron chi connectivity index (χ2n) is 4.68. The zero-order chi connectivity index (χ0) is 15.3. The number of hydrogen-bond donors (Lipinski definition) is 2. The van der Waals surface area contributed by atoms with Gasteiger partial charge in [0.2, 0.25) is 5.91 Å². The molecule has 6 heteroatoms. The van der Waals surface area contributed by atoms with Crippen LogP contribution >= 0.6 is 0 Å². The highest BCUT2D eigenvalue weighted by Gasteiger charge is 2.17. The average molecular weight is 279 g/mol. The first-order valence-electron chi connectivity index (χ1n) is 6.48. The van der Waals surface area contributed by atoms with Crippen molar-refractivity contribution in [3.63, 3.8) is 0 Å². The second kappa shape index (κ2) is 6.79. The third-order valence-corrected chi connectivity index (χ3v) is 2.81. The van der Waals surface area contributed by atoms with Gasteiger partial charge in [0, 0.05) is 17.4 Å². The highest BCUT2D eigenvalue weighted by molar-refractivity contribution is 5.96. The van der Waals surface area contributed by atoms with Gasteiger partial charge in [-0.15, -0.1) is 0 Å². The fourth-order valence-electron chi connectivity index (χ4n) is 1.85. The minimum Gasteiger partial charge on any atom is -0.462 e. The molecule has 0 atom stereocenters. The first kappa shape index (κ1) is 15.8. The maximum Gasteiger partial charge on any atom is 0.340 e. The molecule has 0 unspecified atom stereocenters. The summed E-state index contributed by atoms with van der Waals surface area (Å²) in [5, 5.41) is 0. The number of nitrogens with two attached hydrogens (primary N) is 2. The number of hydrogen-bond acceptors (Lipinski definition) is 5. The predicted octanol–water partition coefficient (Wildman–Crippen LogP) is 1.15. The van der Waals surface area contributed by atoms with E-state index in [1.54, 1.807) is 30.0 Å². The Morgan fingerprint density at radius 1 is 1.35 bits per heavy atom. The van der Waals surface area contributed by atoms with E-state index in [9.17, 15) is 9.59 Å². The number of ether oxygens (including phenoxy) is 1. The molecule has 0 saturated heterocycles. The van der Waals surface area contributed by atoms with Crippen LogP contribution in [0.1, 0.15) is 31.1 Å². The molecule has 1 amide bonds. The van der Waals surface area contributed by atoms with Crippen molar-refractivity contribution in [1.29, 1.82) is 0 Å². The number of primary amides is 1. The Morgan fingerprint density at radius 3 is 2.50 bits per heavy atom. The first-order valence-corrected chi connectivity index (χ1v) is 6.48. The van der Waals surface area contributed by atoms with Crippen LogP contribution in [0, 0.1) is 0 Å². The molecule has 0 aromatic heterocycles. The lowest BCUT2D eigenvalue weighted by molar-refractivity contribution is -0.116. The van der Waals surface area contributed by atoms with E-state index in [1.165, 1.54) is 0 Å². The van der Waals surface area contributed by atoms with E-state index < -0.39 is 11.9 Å². The summed E-state index contributed by atoms with van der Waals surface area (Å²) in [7, 11) is 0. The minimum absolute atomic E-state index is 0.0566. The fourth-order valence-corrected chi connectivity index (χ4v) is 1.85. The van der Waals surface area contributed by atoms with E-state index in [0.717, 1.165) is 0 Å². The lowest BCUT2D eigenvalue weighted by Crippen LogP contribution is -2.38. The maximum absolute atomic E-state index is 11.8. The van der Waals surface area contributed by atoms with E-state index in [0.29, 0.717) is 16.9 Å². The molecule has 4 N–H and O–H groups in total. The summed E-state index contributed by atoms with van der Waals surface area (Å²) in [6.07, 6.45) is 0. The summed E-state index contributed by atoms with van der Waals surface area (Å²) in [5.41, 5.74) is 12.4. The molecule has 1 rings (SSSR count). The molecule has 0 aliphatic heterocycles. The van der Waals surface area contributed by atoms with Gasteiger partial charge in [-0.25, -0.2) is 4.79 Å². The molecule has 0 spiro atoms. The fraction of sp³-hybridized carbons (Fsp3) is 0.429. The van der Waals surface area contributed by atoms with Crippen molar-refractivity contribution in [3.8, 4) is 0 Å². The van der Waals surface area contributed by atoms with Crippen molar-refractivity contribution >= 4 is 23.3 Å². The Kier molecular flexibility index (Phi) is 5.37. The van der Waals surface area contributed by atoms with E-state index in [2.05, 4.69) is 0 Å². The van der Waals surface area contributed by atoms with Gasteiger partial charge in [-0.2, -0.15) is 0 Å². The number of rotatable bonds is 6. The molecule has 0 aliphatic rings. The van der Waals surface area contributed by atoms with Gasteiger partial charge in [-0.3, -0.25) is 4.79 Å². The minimum atomic E-state index is -0.477. The van der Waals surface area contributed by atoms with Gasteiger partial charge in [0.05, 0.1) is 18.7 Å². The topological polar surface area (TPSA) is 98.6 Å². The van der Waals surface area contributed by atoms with E-state index in [-0.39, 0.29) is 19.2 Å². The smallest absolute Gasteiger partial charge is 0.340 e. The van der Waals surface area contributed by atoms with Crippen LogP contribution in [0.25, 0.3) is 0 Å². The summed E-state index contributed by atoms with van der Waals surface area (Å²) in [6, 6.07) is 5.05. The normalized spacial score (nSPS) is 10.4. The maximum atomic E-state index is 11.8. The van der Waals surface area contributed by atoms with Crippen LogP contribution in [-0.4, -0.2) is 31.1 Å². The third kappa shape index (κ3) is 3.88. The van der Waals surface area contributed by atoms with Gasteiger partial charge in [-0.1, -0.05) is 0 Å². The number of carbonyl (C=O) groups excluding carboxylic acids is 2. The average Bonchev–Trinajstić information content (AvgIpc) is 2.36. The van der Waals surface area contributed by atoms with Gasteiger partial charge in [0.1, 0.15) is 0 Å². The molecule has 0 saturated carbocycles. The van der Waals surface area contributed by atoms with Crippen LogP contribution in [0.15, 0.2) is 18.2 Å². The number of esters is 1. The van der Waals surface area contributed by atoms with Crippen molar-refractivity contribution in [2.45, 2.75) is 26.8 Å². The Hall–Kier alpha value is -2.24. The molecule has 1 aromatic rings. The lowest BCUT2D eigenvalue weighted by Gasteiger charge is -2.28. The highest BCUT2D eigenvalue weighted by atomic mass is 16.5. The van der Waals surface area contributed by atoms with Crippen LogP contribution in [0.2, 0.25) is 0 Å². The van der Waals surface area contributed by atoms with Crippen molar-refractivity contribution in [2.75, 3.05) is 23.8 Å². The van der Waals surface area contributed by atoms with Crippen LogP contribution in [0.4, 0.5) is 11.4 Å². The number of anilines is 2. The van der Waals surface area contributed by atoms with Crippen molar-refractivity contribution < 1.29 is 14.3 Å². The molecule has 110 valence electrons. The predicted molar refractivity (Wildman–Crippen MR) is 78.5 cm³/mol.